The van der Waals surface area contributed by atoms with Gasteiger partial charge in [0.25, 0.3) is 0 Å². The lowest BCUT2D eigenvalue weighted by Gasteiger charge is -2.14. The Bertz CT molecular complexity index is 731. The number of thiophene rings is 1. The Labute approximate surface area is 143 Å². The number of nitrogens with zero attached hydrogens (tertiary/aromatic N) is 1. The first-order valence-electron chi connectivity index (χ1n) is 8.30. The summed E-state index contributed by atoms with van der Waals surface area (Å²) < 4.78 is 5.03. The zero-order chi connectivity index (χ0) is 15.8. The fraction of sp³-hybridized carbons (Fsp3) is 0.529. The number of hydrogen-bond acceptors (Lipinski definition) is 6. The van der Waals surface area contributed by atoms with Crippen LogP contribution in [0.1, 0.15) is 64.2 Å². The smallest absolute Gasteiger partial charge is 0.350 e. The molecule has 23 heavy (non-hydrogen) atoms. The van der Waals surface area contributed by atoms with E-state index in [-0.39, 0.29) is 5.97 Å². The van der Waals surface area contributed by atoms with Gasteiger partial charge in [0.05, 0.1) is 17.8 Å². The molecule has 1 N–H and O–H groups in total. The van der Waals surface area contributed by atoms with Gasteiger partial charge in [0.2, 0.25) is 0 Å². The van der Waals surface area contributed by atoms with Crippen LogP contribution in [0.25, 0.3) is 0 Å². The minimum absolute atomic E-state index is 0.287. The Morgan fingerprint density at radius 2 is 2.09 bits per heavy atom. The highest BCUT2D eigenvalue weighted by molar-refractivity contribution is 7.19. The van der Waals surface area contributed by atoms with Gasteiger partial charge in [-0.15, -0.1) is 11.3 Å². The van der Waals surface area contributed by atoms with E-state index in [1.165, 1.54) is 54.0 Å². The van der Waals surface area contributed by atoms with Crippen molar-refractivity contribution in [1.82, 2.24) is 4.98 Å². The minimum atomic E-state index is -0.287. The number of rotatable bonds is 5. The monoisotopic (exact) mass is 348 g/mol. The van der Waals surface area contributed by atoms with Crippen LogP contribution >= 0.6 is 22.7 Å². The molecule has 0 atom stereocenters. The molecule has 0 bridgehead atoms. The van der Waals surface area contributed by atoms with E-state index in [1.807, 2.05) is 18.3 Å². The maximum absolute atomic E-state index is 11.8. The maximum Gasteiger partial charge on any atom is 0.350 e. The van der Waals surface area contributed by atoms with Crippen molar-refractivity contribution in [2.45, 2.75) is 51.4 Å². The van der Waals surface area contributed by atoms with Gasteiger partial charge < -0.3 is 10.1 Å². The minimum Gasteiger partial charge on any atom is -0.462 e. The lowest BCUT2D eigenvalue weighted by molar-refractivity contribution is 0.0532. The van der Waals surface area contributed by atoms with Gasteiger partial charge in [0.1, 0.15) is 4.88 Å². The van der Waals surface area contributed by atoms with Crippen LogP contribution in [-0.4, -0.2) is 17.6 Å². The highest BCUT2D eigenvalue weighted by atomic mass is 32.1. The molecule has 0 unspecified atom stereocenters. The van der Waals surface area contributed by atoms with Gasteiger partial charge in [0, 0.05) is 4.88 Å². The van der Waals surface area contributed by atoms with Crippen LogP contribution < -0.4 is 5.32 Å². The summed E-state index contributed by atoms with van der Waals surface area (Å²) in [7, 11) is 0. The van der Waals surface area contributed by atoms with E-state index in [0.29, 0.717) is 11.5 Å². The molecule has 1 saturated carbocycles. The van der Waals surface area contributed by atoms with Gasteiger partial charge in [-0.3, -0.25) is 0 Å². The first-order valence-corrected chi connectivity index (χ1v) is 9.94. The summed E-state index contributed by atoms with van der Waals surface area (Å²) in [6, 6.07) is 0. The van der Waals surface area contributed by atoms with E-state index in [4.69, 9.17) is 4.74 Å². The predicted molar refractivity (Wildman–Crippen MR) is 94.3 cm³/mol. The average Bonchev–Trinajstić information content (AvgIpc) is 3.19. The van der Waals surface area contributed by atoms with E-state index in [9.17, 15) is 4.79 Å². The van der Waals surface area contributed by atoms with Crippen molar-refractivity contribution in [1.29, 1.82) is 0 Å². The fourth-order valence-electron chi connectivity index (χ4n) is 3.16. The van der Waals surface area contributed by atoms with Gasteiger partial charge in [0.15, 0.2) is 5.13 Å². The number of anilines is 2. The van der Waals surface area contributed by atoms with Gasteiger partial charge >= 0.3 is 5.97 Å². The van der Waals surface area contributed by atoms with Crippen molar-refractivity contribution in [3.8, 4) is 0 Å². The summed E-state index contributed by atoms with van der Waals surface area (Å²) in [6.07, 6.45) is 9.27. The molecule has 4 nitrogen and oxygen atoms in total. The van der Waals surface area contributed by atoms with Crippen LogP contribution in [0.3, 0.4) is 0 Å². The van der Waals surface area contributed by atoms with Gasteiger partial charge in [-0.25, -0.2) is 9.78 Å². The largest absolute Gasteiger partial charge is 0.462 e. The second-order valence-corrected chi connectivity index (χ2v) is 8.19. The number of hydrogen-bond donors (Lipinski definition) is 1. The summed E-state index contributed by atoms with van der Waals surface area (Å²) in [5.41, 5.74) is 3.10. The Balaban J connectivity index is 1.58. The predicted octanol–water partition coefficient (Wildman–Crippen LogP) is 4.88. The van der Waals surface area contributed by atoms with Gasteiger partial charge in [-0.1, -0.05) is 11.3 Å². The highest BCUT2D eigenvalue weighted by Gasteiger charge is 2.32. The van der Waals surface area contributed by atoms with E-state index in [1.54, 1.807) is 16.6 Å². The number of thiazole rings is 1. The molecular formula is C17H20N2O2S2. The molecular weight excluding hydrogens is 328 g/mol. The zero-order valence-corrected chi connectivity index (χ0v) is 14.8. The molecule has 6 heteroatoms. The van der Waals surface area contributed by atoms with Crippen LogP contribution in [0.5, 0.6) is 0 Å². The van der Waals surface area contributed by atoms with Crippen molar-refractivity contribution in [2.75, 3.05) is 11.9 Å². The van der Waals surface area contributed by atoms with Crippen LogP contribution in [0.15, 0.2) is 6.20 Å². The highest BCUT2D eigenvalue weighted by Crippen LogP contribution is 2.50. The molecule has 0 spiro atoms. The van der Waals surface area contributed by atoms with E-state index in [2.05, 4.69) is 10.3 Å². The lowest BCUT2D eigenvalue weighted by Crippen LogP contribution is -2.03. The van der Waals surface area contributed by atoms with Crippen molar-refractivity contribution >= 4 is 38.8 Å². The van der Waals surface area contributed by atoms with Crippen LogP contribution in [-0.2, 0) is 17.6 Å². The first kappa shape index (κ1) is 15.1. The normalized spacial score (nSPS) is 16.9. The summed E-state index contributed by atoms with van der Waals surface area (Å²) in [6.45, 7) is 2.21. The van der Waals surface area contributed by atoms with Crippen molar-refractivity contribution < 1.29 is 9.53 Å². The second kappa shape index (κ2) is 6.24. The molecule has 2 heterocycles. The quantitative estimate of drug-likeness (QED) is 0.782. The Morgan fingerprint density at radius 3 is 2.83 bits per heavy atom. The molecule has 0 aliphatic heterocycles. The number of esters is 1. The van der Waals surface area contributed by atoms with Crippen LogP contribution in [0.4, 0.5) is 10.1 Å². The van der Waals surface area contributed by atoms with E-state index in [0.717, 1.165) is 17.5 Å². The SMILES string of the molecule is CCOC(=O)c1cnc(Nc2sc(C3CC3)c3c2CCCC3)s1. The third kappa shape index (κ3) is 3.02. The first-order chi connectivity index (χ1) is 11.3. The maximum atomic E-state index is 11.8. The number of fused-ring (bicyclic) bond motifs is 1. The Morgan fingerprint density at radius 1 is 1.30 bits per heavy atom. The van der Waals surface area contributed by atoms with E-state index >= 15 is 0 Å². The third-order valence-corrected chi connectivity index (χ3v) is 6.65. The molecule has 2 aliphatic carbocycles. The van der Waals surface area contributed by atoms with E-state index < -0.39 is 0 Å². The Hall–Kier alpha value is -1.40. The second-order valence-electron chi connectivity index (χ2n) is 6.11. The third-order valence-electron chi connectivity index (χ3n) is 4.40. The zero-order valence-electron chi connectivity index (χ0n) is 13.2. The molecule has 0 radical (unpaired) electrons. The Kier molecular flexibility index (Phi) is 4.11. The standard InChI is InChI=1S/C17H20N2O2S2/c1-2-21-16(20)13-9-18-17(22-13)19-15-12-6-4-3-5-11(12)14(23-15)10-7-8-10/h9-10H,2-8H2,1H3,(H,18,19). The molecule has 0 amide bonds. The number of carbonyl (C=O) groups excluding carboxylic acids is 1. The molecule has 122 valence electrons. The number of aromatic nitrogens is 1. The fourth-order valence-corrected chi connectivity index (χ4v) is 5.41. The summed E-state index contributed by atoms with van der Waals surface area (Å²) in [5, 5.41) is 5.50. The van der Waals surface area contributed by atoms with Crippen molar-refractivity contribution in [3.63, 3.8) is 0 Å². The summed E-state index contributed by atoms with van der Waals surface area (Å²) in [4.78, 5) is 18.3. The van der Waals surface area contributed by atoms with Gasteiger partial charge in [-0.2, -0.15) is 0 Å². The van der Waals surface area contributed by atoms with Gasteiger partial charge in [-0.05, 0) is 62.5 Å². The summed E-state index contributed by atoms with van der Waals surface area (Å²) in [5.74, 6) is 0.513. The molecule has 2 aliphatic rings. The number of nitrogens with one attached hydrogen (secondary N) is 1. The molecule has 0 saturated heterocycles. The van der Waals surface area contributed by atoms with Crippen molar-refractivity contribution in [3.05, 3.63) is 27.1 Å². The molecule has 1 fully saturated rings. The average molecular weight is 348 g/mol. The molecule has 0 aromatic carbocycles. The number of carbonyl (C=O) groups is 1. The molecule has 2 aromatic heterocycles. The summed E-state index contributed by atoms with van der Waals surface area (Å²) >= 11 is 3.28. The van der Waals surface area contributed by atoms with Crippen LogP contribution in [0.2, 0.25) is 0 Å². The topological polar surface area (TPSA) is 51.2 Å². The number of ether oxygens (including phenoxy) is 1. The van der Waals surface area contributed by atoms with Crippen molar-refractivity contribution in [2.24, 2.45) is 0 Å². The molecule has 2 aromatic rings. The molecule has 4 rings (SSSR count). The lowest BCUT2D eigenvalue weighted by atomic mass is 9.92. The van der Waals surface area contributed by atoms with Crippen LogP contribution in [0, 0.1) is 0 Å².